The summed E-state index contributed by atoms with van der Waals surface area (Å²) in [5.74, 6) is 1.65. The third kappa shape index (κ3) is 2.64. The van der Waals surface area contributed by atoms with Crippen molar-refractivity contribution < 1.29 is 4.79 Å². The van der Waals surface area contributed by atoms with Crippen LogP contribution in [0.5, 0.6) is 0 Å². The van der Waals surface area contributed by atoms with Crippen molar-refractivity contribution >= 4 is 17.8 Å². The molecular formula is C15H19N7O. The number of rotatable bonds is 2. The smallest absolute Gasteiger partial charge is 0.232 e. The van der Waals surface area contributed by atoms with E-state index in [9.17, 15) is 4.79 Å². The van der Waals surface area contributed by atoms with Gasteiger partial charge in [-0.25, -0.2) is 14.6 Å². The van der Waals surface area contributed by atoms with Crippen LogP contribution in [-0.2, 0) is 11.3 Å². The number of amides is 1. The predicted molar refractivity (Wildman–Crippen MR) is 84.0 cm³/mol. The lowest BCUT2D eigenvalue weighted by Gasteiger charge is -2.34. The fraction of sp³-hybridized carbons (Fsp3) is 0.533. The first kappa shape index (κ1) is 14.1. The van der Waals surface area contributed by atoms with Crippen LogP contribution < -0.4 is 9.80 Å². The first-order valence-electron chi connectivity index (χ1n) is 8.04. The number of piperidine rings is 1. The highest BCUT2D eigenvalue weighted by atomic mass is 16.2. The molecule has 4 heterocycles. The molecule has 2 aromatic rings. The van der Waals surface area contributed by atoms with Gasteiger partial charge in [0.25, 0.3) is 0 Å². The van der Waals surface area contributed by atoms with E-state index in [-0.39, 0.29) is 11.8 Å². The van der Waals surface area contributed by atoms with E-state index in [1.54, 1.807) is 17.3 Å². The van der Waals surface area contributed by atoms with Gasteiger partial charge in [-0.2, -0.15) is 10.1 Å². The third-order valence-corrected chi connectivity index (χ3v) is 4.53. The van der Waals surface area contributed by atoms with E-state index < -0.39 is 0 Å². The SMILES string of the molecule is O=C(C1CCN(c2ncccn2)CC1)N1CCCn2ncnc21. The predicted octanol–water partition coefficient (Wildman–Crippen LogP) is 0.721. The minimum atomic E-state index is 0.0400. The van der Waals surface area contributed by atoms with Crippen LogP contribution in [0.1, 0.15) is 19.3 Å². The summed E-state index contributed by atoms with van der Waals surface area (Å²) >= 11 is 0. The molecule has 8 nitrogen and oxygen atoms in total. The molecule has 23 heavy (non-hydrogen) atoms. The highest BCUT2D eigenvalue weighted by Gasteiger charge is 2.33. The van der Waals surface area contributed by atoms with E-state index in [0.29, 0.717) is 5.95 Å². The van der Waals surface area contributed by atoms with Gasteiger partial charge < -0.3 is 4.90 Å². The topological polar surface area (TPSA) is 80.0 Å². The Hall–Kier alpha value is -2.51. The normalized spacial score (nSPS) is 18.8. The Morgan fingerprint density at radius 3 is 2.61 bits per heavy atom. The van der Waals surface area contributed by atoms with Crippen LogP contribution in [0.4, 0.5) is 11.9 Å². The highest BCUT2D eigenvalue weighted by molar-refractivity contribution is 5.93. The molecule has 0 bridgehead atoms. The molecule has 0 spiro atoms. The summed E-state index contributed by atoms with van der Waals surface area (Å²) in [6.45, 7) is 3.18. The van der Waals surface area contributed by atoms with E-state index in [4.69, 9.17) is 0 Å². The zero-order valence-corrected chi connectivity index (χ0v) is 12.9. The summed E-state index contributed by atoms with van der Waals surface area (Å²) in [7, 11) is 0. The summed E-state index contributed by atoms with van der Waals surface area (Å²) in [4.78, 5) is 29.6. The van der Waals surface area contributed by atoms with Crippen LogP contribution in [0.3, 0.4) is 0 Å². The molecule has 0 aliphatic carbocycles. The standard InChI is InChI=1S/C15H19N7O/c23-13(21-7-2-8-22-15(21)18-11-19-22)12-3-9-20(10-4-12)14-16-5-1-6-17-14/h1,5-6,11-12H,2-4,7-10H2. The zero-order chi connectivity index (χ0) is 15.6. The first-order chi connectivity index (χ1) is 11.3. The Bertz CT molecular complexity index is 678. The first-order valence-corrected chi connectivity index (χ1v) is 8.04. The Morgan fingerprint density at radius 1 is 1.04 bits per heavy atom. The van der Waals surface area contributed by atoms with Gasteiger partial charge in [-0.15, -0.1) is 0 Å². The number of hydrogen-bond acceptors (Lipinski definition) is 6. The average molecular weight is 313 g/mol. The fourth-order valence-electron chi connectivity index (χ4n) is 3.31. The zero-order valence-electron chi connectivity index (χ0n) is 12.9. The van der Waals surface area contributed by atoms with Crippen molar-refractivity contribution in [2.75, 3.05) is 29.4 Å². The number of carbonyl (C=O) groups is 1. The molecule has 1 fully saturated rings. The van der Waals surface area contributed by atoms with Crippen molar-refractivity contribution in [2.24, 2.45) is 5.92 Å². The number of aromatic nitrogens is 5. The lowest BCUT2D eigenvalue weighted by molar-refractivity contribution is -0.123. The van der Waals surface area contributed by atoms with Gasteiger partial charge >= 0.3 is 0 Å². The maximum atomic E-state index is 12.9. The molecular weight excluding hydrogens is 294 g/mol. The Labute approximate surface area is 134 Å². The molecule has 2 aromatic heterocycles. The maximum absolute atomic E-state index is 12.9. The molecule has 0 aromatic carbocycles. The molecule has 0 atom stereocenters. The maximum Gasteiger partial charge on any atom is 0.232 e. The van der Waals surface area contributed by atoms with Crippen LogP contribution >= 0.6 is 0 Å². The number of fused-ring (bicyclic) bond motifs is 1. The van der Waals surface area contributed by atoms with Crippen molar-refractivity contribution in [3.05, 3.63) is 24.8 Å². The monoisotopic (exact) mass is 313 g/mol. The van der Waals surface area contributed by atoms with Crippen molar-refractivity contribution in [1.82, 2.24) is 24.7 Å². The van der Waals surface area contributed by atoms with Gasteiger partial charge in [0, 0.05) is 44.5 Å². The second-order valence-electron chi connectivity index (χ2n) is 5.94. The van der Waals surface area contributed by atoms with Crippen LogP contribution in [-0.4, -0.2) is 50.3 Å². The number of anilines is 2. The molecule has 0 unspecified atom stereocenters. The molecule has 8 heteroatoms. The molecule has 0 radical (unpaired) electrons. The van der Waals surface area contributed by atoms with Crippen molar-refractivity contribution in [3.63, 3.8) is 0 Å². The Kier molecular flexibility index (Phi) is 3.64. The van der Waals surface area contributed by atoms with E-state index in [2.05, 4.69) is 25.0 Å². The van der Waals surface area contributed by atoms with E-state index >= 15 is 0 Å². The molecule has 4 rings (SSSR count). The van der Waals surface area contributed by atoms with E-state index in [1.807, 2.05) is 10.7 Å². The van der Waals surface area contributed by atoms with Gasteiger partial charge in [-0.1, -0.05) is 0 Å². The molecule has 0 N–H and O–H groups in total. The van der Waals surface area contributed by atoms with Gasteiger partial charge in [-0.05, 0) is 25.3 Å². The van der Waals surface area contributed by atoms with Gasteiger partial charge in [0.2, 0.25) is 17.8 Å². The van der Waals surface area contributed by atoms with Crippen LogP contribution in [0, 0.1) is 5.92 Å². The largest absolute Gasteiger partial charge is 0.341 e. The molecule has 2 aliphatic rings. The minimum absolute atomic E-state index is 0.0400. The Balaban J connectivity index is 1.42. The highest BCUT2D eigenvalue weighted by Crippen LogP contribution is 2.25. The quantitative estimate of drug-likeness (QED) is 0.813. The van der Waals surface area contributed by atoms with Gasteiger partial charge in [0.05, 0.1) is 0 Å². The summed E-state index contributed by atoms with van der Waals surface area (Å²) in [5, 5.41) is 4.17. The van der Waals surface area contributed by atoms with E-state index in [0.717, 1.165) is 51.4 Å². The number of aryl methyl sites for hydroxylation is 1. The fourth-order valence-corrected chi connectivity index (χ4v) is 3.31. The number of nitrogens with zero attached hydrogens (tertiary/aromatic N) is 7. The van der Waals surface area contributed by atoms with Gasteiger partial charge in [0.1, 0.15) is 6.33 Å². The second-order valence-corrected chi connectivity index (χ2v) is 5.94. The van der Waals surface area contributed by atoms with Crippen LogP contribution in [0.2, 0.25) is 0 Å². The van der Waals surface area contributed by atoms with Crippen LogP contribution in [0.25, 0.3) is 0 Å². The van der Waals surface area contributed by atoms with Crippen LogP contribution in [0.15, 0.2) is 24.8 Å². The molecule has 1 saturated heterocycles. The summed E-state index contributed by atoms with van der Waals surface area (Å²) in [5.41, 5.74) is 0. The van der Waals surface area contributed by atoms with Crippen molar-refractivity contribution in [1.29, 1.82) is 0 Å². The van der Waals surface area contributed by atoms with E-state index in [1.165, 1.54) is 6.33 Å². The van der Waals surface area contributed by atoms with Gasteiger partial charge in [0.15, 0.2) is 0 Å². The number of carbonyl (C=O) groups excluding carboxylic acids is 1. The van der Waals surface area contributed by atoms with Gasteiger partial charge in [-0.3, -0.25) is 9.69 Å². The minimum Gasteiger partial charge on any atom is -0.341 e. The number of hydrogen-bond donors (Lipinski definition) is 0. The molecule has 1 amide bonds. The van der Waals surface area contributed by atoms with Crippen molar-refractivity contribution in [3.8, 4) is 0 Å². The Morgan fingerprint density at radius 2 is 1.83 bits per heavy atom. The second kappa shape index (κ2) is 5.94. The summed E-state index contributed by atoms with van der Waals surface area (Å²) in [6, 6.07) is 1.81. The summed E-state index contributed by atoms with van der Waals surface area (Å²) in [6.07, 6.45) is 7.60. The lowest BCUT2D eigenvalue weighted by Crippen LogP contribution is -2.45. The summed E-state index contributed by atoms with van der Waals surface area (Å²) < 4.78 is 1.81. The lowest BCUT2D eigenvalue weighted by atomic mass is 9.95. The molecule has 0 saturated carbocycles. The van der Waals surface area contributed by atoms with Crippen molar-refractivity contribution in [2.45, 2.75) is 25.8 Å². The molecule has 120 valence electrons. The average Bonchev–Trinajstić information content (AvgIpc) is 3.11. The molecule has 2 aliphatic heterocycles. The third-order valence-electron chi connectivity index (χ3n) is 4.53.